The van der Waals surface area contributed by atoms with E-state index in [-0.39, 0.29) is 5.92 Å². The molecule has 0 aliphatic carbocycles. The van der Waals surface area contributed by atoms with Gasteiger partial charge < -0.3 is 10.4 Å². The zero-order valence-corrected chi connectivity index (χ0v) is 9.66. The number of benzene rings is 1. The third-order valence-electron chi connectivity index (χ3n) is 3.07. The Morgan fingerprint density at radius 1 is 1.62 bits per heavy atom. The Balaban J connectivity index is 2.13. The van der Waals surface area contributed by atoms with Crippen LogP contribution in [0.25, 0.3) is 0 Å². The number of nitrogens with one attached hydrogen (secondary N) is 1. The third kappa shape index (κ3) is 2.18. The highest BCUT2D eigenvalue weighted by Crippen LogP contribution is 2.27. The summed E-state index contributed by atoms with van der Waals surface area (Å²) in [5, 5.41) is 12.3. The molecule has 0 amide bonds. The van der Waals surface area contributed by atoms with Crippen molar-refractivity contribution in [3.05, 3.63) is 29.3 Å². The summed E-state index contributed by atoms with van der Waals surface area (Å²) in [5.74, 6) is -1.06. The molecule has 0 bridgehead atoms. The number of carboxylic acid groups (broad SMARTS) is 1. The first kappa shape index (κ1) is 11.0. The normalized spacial score (nSPS) is 20.0. The second-order valence-corrected chi connectivity index (χ2v) is 4.68. The lowest BCUT2D eigenvalue weighted by Crippen LogP contribution is -2.12. The minimum atomic E-state index is -0.734. The predicted molar refractivity (Wildman–Crippen MR) is 63.7 cm³/mol. The van der Waals surface area contributed by atoms with Crippen LogP contribution in [0.4, 0.5) is 5.69 Å². The quantitative estimate of drug-likeness (QED) is 0.820. The van der Waals surface area contributed by atoms with E-state index in [1.54, 1.807) is 6.92 Å². The van der Waals surface area contributed by atoms with Gasteiger partial charge in [0, 0.05) is 11.7 Å². The monoisotopic (exact) mass is 219 g/mol. The second-order valence-electron chi connectivity index (χ2n) is 4.68. The van der Waals surface area contributed by atoms with Crippen molar-refractivity contribution in [2.75, 3.05) is 5.32 Å². The fourth-order valence-electron chi connectivity index (χ4n) is 2.15. The van der Waals surface area contributed by atoms with Crippen LogP contribution in [0.1, 0.15) is 25.0 Å². The molecule has 2 N–H and O–H groups in total. The topological polar surface area (TPSA) is 49.3 Å². The van der Waals surface area contributed by atoms with E-state index in [1.165, 1.54) is 11.3 Å². The Morgan fingerprint density at radius 2 is 2.38 bits per heavy atom. The van der Waals surface area contributed by atoms with Gasteiger partial charge in [0.15, 0.2) is 0 Å². The highest BCUT2D eigenvalue weighted by Gasteiger charge is 2.18. The molecule has 0 saturated carbocycles. The van der Waals surface area contributed by atoms with E-state index in [2.05, 4.69) is 24.4 Å². The Bertz CT molecular complexity index is 414. The molecule has 0 fully saturated rings. The summed E-state index contributed by atoms with van der Waals surface area (Å²) in [6.07, 6.45) is 1.66. The standard InChI is InChI=1S/C13H17NO2/c1-8(13(15)16)5-10-3-4-11-6-9(2)14-12(11)7-10/h3-4,7-9,14H,5-6H2,1-2H3,(H,15,16). The summed E-state index contributed by atoms with van der Waals surface area (Å²) in [6.45, 7) is 3.89. The molecule has 16 heavy (non-hydrogen) atoms. The molecule has 1 aromatic carbocycles. The second kappa shape index (κ2) is 4.16. The van der Waals surface area contributed by atoms with Crippen LogP contribution in [0.15, 0.2) is 18.2 Å². The smallest absolute Gasteiger partial charge is 0.306 e. The van der Waals surface area contributed by atoms with E-state index >= 15 is 0 Å². The molecule has 1 aliphatic rings. The van der Waals surface area contributed by atoms with E-state index in [0.717, 1.165) is 12.0 Å². The summed E-state index contributed by atoms with van der Waals surface area (Å²) in [6, 6.07) is 6.72. The number of anilines is 1. The molecule has 3 nitrogen and oxygen atoms in total. The molecule has 1 aliphatic heterocycles. The lowest BCUT2D eigenvalue weighted by Gasteiger charge is -2.08. The van der Waals surface area contributed by atoms with Crippen LogP contribution < -0.4 is 5.32 Å². The fourth-order valence-corrected chi connectivity index (χ4v) is 2.15. The maximum atomic E-state index is 10.8. The van der Waals surface area contributed by atoms with Crippen LogP contribution >= 0.6 is 0 Å². The number of aliphatic carboxylic acids is 1. The Kier molecular flexibility index (Phi) is 2.86. The molecule has 3 heteroatoms. The van der Waals surface area contributed by atoms with Gasteiger partial charge in [-0.2, -0.15) is 0 Å². The molecular formula is C13H17NO2. The largest absolute Gasteiger partial charge is 0.481 e. The molecule has 2 rings (SSSR count). The lowest BCUT2D eigenvalue weighted by atomic mass is 9.99. The van der Waals surface area contributed by atoms with Crippen molar-refractivity contribution >= 4 is 11.7 Å². The van der Waals surface area contributed by atoms with E-state index in [0.29, 0.717) is 12.5 Å². The first-order valence-electron chi connectivity index (χ1n) is 5.67. The van der Waals surface area contributed by atoms with Gasteiger partial charge >= 0.3 is 5.97 Å². The lowest BCUT2D eigenvalue weighted by molar-refractivity contribution is -0.141. The van der Waals surface area contributed by atoms with Crippen LogP contribution in [0.3, 0.4) is 0 Å². The van der Waals surface area contributed by atoms with Gasteiger partial charge in [0.2, 0.25) is 0 Å². The first-order valence-corrected chi connectivity index (χ1v) is 5.67. The maximum Gasteiger partial charge on any atom is 0.306 e. The van der Waals surface area contributed by atoms with Gasteiger partial charge in [-0.25, -0.2) is 0 Å². The molecule has 2 atom stereocenters. The van der Waals surface area contributed by atoms with Crippen molar-refractivity contribution < 1.29 is 9.90 Å². The van der Waals surface area contributed by atoms with Crippen LogP contribution in [0.2, 0.25) is 0 Å². The van der Waals surface area contributed by atoms with Crippen LogP contribution in [0, 0.1) is 5.92 Å². The SMILES string of the molecule is CC1Cc2ccc(CC(C)C(=O)O)cc2N1. The highest BCUT2D eigenvalue weighted by molar-refractivity contribution is 5.70. The van der Waals surface area contributed by atoms with Crippen molar-refractivity contribution in [2.45, 2.75) is 32.7 Å². The van der Waals surface area contributed by atoms with Gasteiger partial charge in [-0.05, 0) is 37.0 Å². The molecule has 0 aromatic heterocycles. The van der Waals surface area contributed by atoms with Crippen molar-refractivity contribution in [3.8, 4) is 0 Å². The minimum Gasteiger partial charge on any atom is -0.481 e. The molecule has 0 radical (unpaired) electrons. The highest BCUT2D eigenvalue weighted by atomic mass is 16.4. The fraction of sp³-hybridized carbons (Fsp3) is 0.462. The summed E-state index contributed by atoms with van der Waals surface area (Å²) >= 11 is 0. The number of hydrogen-bond donors (Lipinski definition) is 2. The summed E-state index contributed by atoms with van der Waals surface area (Å²) in [5.41, 5.74) is 3.59. The molecule has 1 aromatic rings. The number of carboxylic acids is 1. The van der Waals surface area contributed by atoms with Gasteiger partial charge in [-0.3, -0.25) is 4.79 Å². The van der Waals surface area contributed by atoms with E-state index in [1.807, 2.05) is 6.07 Å². The molecule has 0 spiro atoms. The van der Waals surface area contributed by atoms with Crippen LogP contribution in [-0.2, 0) is 17.6 Å². The number of carbonyl (C=O) groups is 1. The van der Waals surface area contributed by atoms with Crippen molar-refractivity contribution in [1.82, 2.24) is 0 Å². The van der Waals surface area contributed by atoms with Gasteiger partial charge in [-0.1, -0.05) is 19.1 Å². The third-order valence-corrected chi connectivity index (χ3v) is 3.07. The van der Waals surface area contributed by atoms with E-state index in [4.69, 9.17) is 5.11 Å². The van der Waals surface area contributed by atoms with Gasteiger partial charge in [-0.15, -0.1) is 0 Å². The van der Waals surface area contributed by atoms with E-state index < -0.39 is 5.97 Å². The Labute approximate surface area is 95.5 Å². The molecule has 0 saturated heterocycles. The van der Waals surface area contributed by atoms with E-state index in [9.17, 15) is 4.79 Å². The number of hydrogen-bond acceptors (Lipinski definition) is 2. The minimum absolute atomic E-state index is 0.322. The van der Waals surface area contributed by atoms with Crippen LogP contribution in [0.5, 0.6) is 0 Å². The molecule has 2 unspecified atom stereocenters. The molecule has 1 heterocycles. The van der Waals surface area contributed by atoms with Crippen LogP contribution in [-0.4, -0.2) is 17.1 Å². The number of fused-ring (bicyclic) bond motifs is 1. The molecular weight excluding hydrogens is 202 g/mol. The average Bonchev–Trinajstić information content (AvgIpc) is 2.57. The molecule has 86 valence electrons. The summed E-state index contributed by atoms with van der Waals surface area (Å²) in [7, 11) is 0. The van der Waals surface area contributed by atoms with Gasteiger partial charge in [0.1, 0.15) is 0 Å². The van der Waals surface area contributed by atoms with Gasteiger partial charge in [0.05, 0.1) is 5.92 Å². The average molecular weight is 219 g/mol. The van der Waals surface area contributed by atoms with Crippen molar-refractivity contribution in [2.24, 2.45) is 5.92 Å². The number of rotatable bonds is 3. The zero-order chi connectivity index (χ0) is 11.7. The maximum absolute atomic E-state index is 10.8. The zero-order valence-electron chi connectivity index (χ0n) is 9.66. The van der Waals surface area contributed by atoms with Gasteiger partial charge in [0.25, 0.3) is 0 Å². The Morgan fingerprint density at radius 3 is 3.06 bits per heavy atom. The summed E-state index contributed by atoms with van der Waals surface area (Å²) < 4.78 is 0. The summed E-state index contributed by atoms with van der Waals surface area (Å²) in [4.78, 5) is 10.8. The Hall–Kier alpha value is -1.51. The first-order chi connectivity index (χ1) is 7.56. The predicted octanol–water partition coefficient (Wildman–Crippen LogP) is 2.31. The van der Waals surface area contributed by atoms with Crippen molar-refractivity contribution in [3.63, 3.8) is 0 Å². The van der Waals surface area contributed by atoms with Crippen molar-refractivity contribution in [1.29, 1.82) is 0 Å².